The van der Waals surface area contributed by atoms with Crippen LogP contribution >= 0.6 is 0 Å². The quantitative estimate of drug-likeness (QED) is 0.0677. The number of benzene rings is 10. The van der Waals surface area contributed by atoms with Crippen LogP contribution in [0.4, 0.5) is 0 Å². The van der Waals surface area contributed by atoms with Gasteiger partial charge in [-0.1, -0.05) is 172 Å². The van der Waals surface area contributed by atoms with Crippen LogP contribution in [0.3, 0.4) is 0 Å². The number of rotatable bonds is 16. The second-order valence-electron chi connectivity index (χ2n) is 19.7. The average molecular weight is 1290 g/mol. The van der Waals surface area contributed by atoms with Crippen LogP contribution in [-0.2, 0) is 52.8 Å². The highest BCUT2D eigenvalue weighted by atomic mass is 32.2. The minimum absolute atomic E-state index is 0.0255. The highest BCUT2D eigenvalue weighted by Crippen LogP contribution is 2.30. The molecule has 0 atom stereocenters. The van der Waals surface area contributed by atoms with E-state index in [-0.39, 0.29) is 31.1 Å². The van der Waals surface area contributed by atoms with Crippen LogP contribution in [0.25, 0.3) is 0 Å². The summed E-state index contributed by atoms with van der Waals surface area (Å²) in [7, 11) is -14.7. The van der Waals surface area contributed by atoms with Crippen LogP contribution in [0, 0.1) is 13.8 Å². The Labute approximate surface area is 529 Å². The first kappa shape index (κ1) is 71.6. The Hall–Kier alpha value is -9.14. The summed E-state index contributed by atoms with van der Waals surface area (Å²) in [6.07, 6.45) is 2.99. The molecule has 468 valence electrons. The van der Waals surface area contributed by atoms with Gasteiger partial charge in [-0.15, -0.1) is 0 Å². The van der Waals surface area contributed by atoms with Crippen molar-refractivity contribution in [1.29, 1.82) is 0 Å². The van der Waals surface area contributed by atoms with Crippen LogP contribution < -0.4 is 9.47 Å². The number of ether oxygens (including phenoxy) is 2. The van der Waals surface area contributed by atoms with E-state index in [1.165, 1.54) is 29.8 Å². The van der Waals surface area contributed by atoms with E-state index >= 15 is 0 Å². The molecule has 0 saturated carbocycles. The maximum atomic E-state index is 13.1. The molecule has 0 aliphatic carbocycles. The molecule has 2 N–H and O–H groups in total. The Kier molecular flexibility index (Phi) is 27.1. The van der Waals surface area contributed by atoms with Gasteiger partial charge in [-0.3, -0.25) is 18.7 Å². The molecule has 0 spiro atoms. The van der Waals surface area contributed by atoms with Gasteiger partial charge in [0.25, 0.3) is 20.2 Å². The number of ketones is 2. The van der Waals surface area contributed by atoms with E-state index in [0.717, 1.165) is 40.7 Å². The van der Waals surface area contributed by atoms with Crippen LogP contribution in [0.15, 0.2) is 274 Å². The molecule has 0 fully saturated rings. The smallest absolute Gasteiger partial charge is 0.261 e. The van der Waals surface area contributed by atoms with E-state index in [9.17, 15) is 43.3 Å². The molecule has 0 aliphatic rings. The second-order valence-corrected chi connectivity index (χ2v) is 26.5. The number of carbonyl (C=O) groups excluding carboxylic acids is 2. The predicted octanol–water partition coefficient (Wildman–Crippen LogP) is 15.9. The molecule has 0 aliphatic heterocycles. The lowest BCUT2D eigenvalue weighted by molar-refractivity contribution is 0.103. The monoisotopic (exact) mass is 1290 g/mol. The summed E-state index contributed by atoms with van der Waals surface area (Å²) in [6, 6.07) is 75.6. The van der Waals surface area contributed by atoms with Crippen LogP contribution in [-0.4, -0.2) is 66.9 Å². The number of hydrogen-bond acceptors (Lipinski definition) is 12. The zero-order valence-corrected chi connectivity index (χ0v) is 54.4. The minimum Gasteiger partial charge on any atom is -0.457 e. The lowest BCUT2D eigenvalue weighted by Crippen LogP contribution is -2.02. The van der Waals surface area contributed by atoms with Gasteiger partial charge in [0.15, 0.2) is 11.6 Å². The Morgan fingerprint density at radius 1 is 0.300 bits per heavy atom. The van der Waals surface area contributed by atoms with Crippen molar-refractivity contribution < 1.29 is 61.8 Å². The van der Waals surface area contributed by atoms with Crippen molar-refractivity contribution in [1.82, 2.24) is 0 Å². The van der Waals surface area contributed by atoms with Crippen molar-refractivity contribution in [2.24, 2.45) is 0 Å². The first-order valence-corrected chi connectivity index (χ1v) is 35.0. The third-order valence-corrected chi connectivity index (χ3v) is 16.1. The van der Waals surface area contributed by atoms with Crippen LogP contribution in [0.5, 0.6) is 23.0 Å². The normalized spacial score (nSPS) is 10.9. The molecule has 0 amide bonds. The first-order valence-electron chi connectivity index (χ1n) is 28.4. The zero-order valence-electron chi connectivity index (χ0n) is 51.1. The molecule has 90 heavy (non-hydrogen) atoms. The van der Waals surface area contributed by atoms with Gasteiger partial charge in [-0.2, -0.15) is 16.8 Å². The Morgan fingerprint density at radius 3 is 0.767 bits per heavy atom. The fourth-order valence-corrected chi connectivity index (χ4v) is 10.8. The van der Waals surface area contributed by atoms with Crippen molar-refractivity contribution in [3.8, 4) is 23.0 Å². The number of carbonyl (C=O) groups is 2. The van der Waals surface area contributed by atoms with Gasteiger partial charge in [0, 0.05) is 22.3 Å². The minimum atomic E-state index is -3.69. The lowest BCUT2D eigenvalue weighted by Gasteiger charge is -2.10. The summed E-state index contributed by atoms with van der Waals surface area (Å²) in [4.78, 5) is 26.4. The molecule has 0 unspecified atom stereocenters. The van der Waals surface area contributed by atoms with Gasteiger partial charge in [-0.25, -0.2) is 16.8 Å². The summed E-state index contributed by atoms with van der Waals surface area (Å²) in [5, 5.41) is 0. The number of hydrogen-bond donors (Lipinski definition) is 2. The first-order chi connectivity index (χ1) is 42.8. The third kappa shape index (κ3) is 23.4. The van der Waals surface area contributed by atoms with Crippen molar-refractivity contribution >= 4 is 51.5 Å². The fraction of sp³-hybridized carbons (Fsp3) is 0.139. The Bertz CT molecular complexity index is 4290. The van der Waals surface area contributed by atoms with E-state index in [1.54, 1.807) is 109 Å². The largest absolute Gasteiger partial charge is 0.457 e. The summed E-state index contributed by atoms with van der Waals surface area (Å²) in [5.74, 6) is 2.05. The fourth-order valence-electron chi connectivity index (χ4n) is 8.25. The van der Waals surface area contributed by atoms with E-state index in [1.807, 2.05) is 151 Å². The van der Waals surface area contributed by atoms with Gasteiger partial charge in [0.2, 0.25) is 19.7 Å². The molecule has 0 aromatic heterocycles. The standard InChI is InChI=1S/C34H26O3.C32H26O5S2.2C2H6.2CH4O3S/c1-24-7-11-27(12-8-24)33(35)29-15-19-31(20-16-29)37-32-21-17-30(18-22-32)34(36)28-13-9-26(10-14-28)23-25-5-3-2-4-6-25;1-24-7-15-29(16-8-24)38(33,34)31-19-11-27(12-20-31)37-28-13-21-32(22-14-28)39(35,36)30-17-9-26(10-18-30)23-25-5-3-2-4-6-25;2*1-2;2*1-5(2,3)4/h2-22H,23H2,1H3;2-22H,23H2,1H3;2*1-2H3;2*1H3,(H,2,3,4). The topological polar surface area (TPSA) is 230 Å². The summed E-state index contributed by atoms with van der Waals surface area (Å²) in [6.45, 7) is 11.9. The molecule has 0 saturated heterocycles. The van der Waals surface area contributed by atoms with E-state index in [0.29, 0.717) is 57.8 Å². The summed E-state index contributed by atoms with van der Waals surface area (Å²) >= 11 is 0. The van der Waals surface area contributed by atoms with E-state index in [4.69, 9.17) is 18.6 Å². The lowest BCUT2D eigenvalue weighted by atomic mass is 9.99. The Morgan fingerprint density at radius 2 is 0.489 bits per heavy atom. The number of aryl methyl sites for hydroxylation is 2. The second kappa shape index (κ2) is 34.0. The Balaban J connectivity index is 0.000000272. The van der Waals surface area contributed by atoms with Crippen molar-refractivity contribution in [3.05, 3.63) is 310 Å². The van der Waals surface area contributed by atoms with Crippen LogP contribution in [0.2, 0.25) is 0 Å². The molecular formula is C72H72O14S4. The van der Waals surface area contributed by atoms with Gasteiger partial charge >= 0.3 is 0 Å². The molecule has 0 heterocycles. The molecular weight excluding hydrogens is 1220 g/mol. The molecule has 14 nitrogen and oxygen atoms in total. The molecule has 10 aromatic carbocycles. The molecule has 10 rings (SSSR count). The SMILES string of the molecule is CC.CC.CS(=O)(=O)O.CS(=O)(=O)O.Cc1ccc(C(=O)c2ccc(Oc3ccc(C(=O)c4ccc(Cc5ccccc5)cc4)cc3)cc2)cc1.Cc1ccc(S(=O)(=O)c2ccc(Oc3ccc(S(=O)(=O)c4ccc(Cc5ccccc5)cc4)cc3)cc2)cc1. The highest BCUT2D eigenvalue weighted by molar-refractivity contribution is 7.91. The van der Waals surface area contributed by atoms with E-state index < -0.39 is 39.9 Å². The predicted molar refractivity (Wildman–Crippen MR) is 355 cm³/mol. The summed E-state index contributed by atoms with van der Waals surface area (Å²) in [5.41, 5.74) is 9.20. The van der Waals surface area contributed by atoms with Crippen molar-refractivity contribution in [2.45, 2.75) is 74.0 Å². The highest BCUT2D eigenvalue weighted by Gasteiger charge is 2.20. The van der Waals surface area contributed by atoms with Crippen molar-refractivity contribution in [2.75, 3.05) is 12.5 Å². The zero-order chi connectivity index (χ0) is 66.1. The molecule has 10 aromatic rings. The third-order valence-electron chi connectivity index (χ3n) is 12.6. The van der Waals surface area contributed by atoms with Gasteiger partial charge in [0.05, 0.1) is 32.1 Å². The molecule has 0 bridgehead atoms. The molecule has 18 heteroatoms. The maximum absolute atomic E-state index is 13.1. The summed E-state index contributed by atoms with van der Waals surface area (Å²) < 4.78 is 116. The van der Waals surface area contributed by atoms with Gasteiger partial charge in [-0.05, 0) is 170 Å². The number of sulfone groups is 2. The average Bonchev–Trinajstić information content (AvgIpc) is 0.926. The maximum Gasteiger partial charge on any atom is 0.261 e. The van der Waals surface area contributed by atoms with Crippen LogP contribution in [0.1, 0.15) is 92.9 Å². The van der Waals surface area contributed by atoms with Crippen molar-refractivity contribution in [3.63, 3.8) is 0 Å². The van der Waals surface area contributed by atoms with E-state index in [2.05, 4.69) is 12.1 Å². The van der Waals surface area contributed by atoms with Gasteiger partial charge in [0.1, 0.15) is 23.0 Å². The molecule has 0 radical (unpaired) electrons. The van der Waals surface area contributed by atoms with Gasteiger partial charge < -0.3 is 9.47 Å².